The van der Waals surface area contributed by atoms with Crippen molar-refractivity contribution in [1.29, 1.82) is 0 Å². The quantitative estimate of drug-likeness (QED) is 0.571. The van der Waals surface area contributed by atoms with Crippen LogP contribution in [0.15, 0.2) is 48.0 Å². The van der Waals surface area contributed by atoms with E-state index in [4.69, 9.17) is 33.0 Å². The van der Waals surface area contributed by atoms with Crippen LogP contribution in [0.25, 0.3) is 6.08 Å². The van der Waals surface area contributed by atoms with Crippen LogP contribution >= 0.6 is 23.2 Å². The molecule has 1 atom stereocenters. The second-order valence-corrected chi connectivity index (χ2v) is 6.70. The second-order valence-electron chi connectivity index (χ2n) is 5.89. The number of carboxylic acids is 1. The van der Waals surface area contributed by atoms with Crippen molar-refractivity contribution in [1.82, 2.24) is 5.43 Å². The Labute approximate surface area is 170 Å². The molecular formula is C19H14Cl2N2O5. The molecule has 2 N–H and O–H groups in total. The van der Waals surface area contributed by atoms with Crippen molar-refractivity contribution in [3.8, 4) is 5.75 Å². The lowest BCUT2D eigenvalue weighted by atomic mass is 10.1. The first-order chi connectivity index (χ1) is 13.3. The van der Waals surface area contributed by atoms with Gasteiger partial charge < -0.3 is 9.84 Å². The standard InChI is InChI=1S/C19H14Cl2N2O5/c1-10(19(26)27)28-16-14(20)8-11(9-15(16)21)7-13-17(24)22-23(18(13)25)12-5-3-2-4-6-12/h2-10H,1H3,(H,22,24)(H,26,27)/b13-7-/t10-/m0/s1. The zero-order valence-corrected chi connectivity index (χ0v) is 16.0. The highest BCUT2D eigenvalue weighted by Gasteiger charge is 2.34. The summed E-state index contributed by atoms with van der Waals surface area (Å²) in [4.78, 5) is 35.8. The molecule has 0 unspecified atom stereocenters. The SMILES string of the molecule is C[C@H](Oc1c(Cl)cc(/C=C2/C(=O)NN(c3ccccc3)C2=O)cc1Cl)C(=O)O. The molecule has 1 aliphatic rings. The van der Waals surface area contributed by atoms with Crippen LogP contribution in [0.5, 0.6) is 5.75 Å². The predicted octanol–water partition coefficient (Wildman–Crippen LogP) is 3.31. The Morgan fingerprint density at radius 2 is 1.79 bits per heavy atom. The number of nitrogens with one attached hydrogen (secondary N) is 1. The molecule has 2 aromatic rings. The zero-order valence-electron chi connectivity index (χ0n) is 14.5. The highest BCUT2D eigenvalue weighted by Crippen LogP contribution is 2.36. The molecule has 0 saturated carbocycles. The van der Waals surface area contributed by atoms with E-state index < -0.39 is 23.9 Å². The van der Waals surface area contributed by atoms with Gasteiger partial charge in [-0.25, -0.2) is 9.80 Å². The maximum absolute atomic E-state index is 12.6. The molecule has 3 rings (SSSR count). The number of halogens is 2. The molecule has 2 amide bonds. The molecular weight excluding hydrogens is 407 g/mol. The van der Waals surface area contributed by atoms with Crippen molar-refractivity contribution in [2.24, 2.45) is 0 Å². The van der Waals surface area contributed by atoms with Crippen LogP contribution in [0.4, 0.5) is 5.69 Å². The van der Waals surface area contributed by atoms with Gasteiger partial charge in [-0.15, -0.1) is 0 Å². The lowest BCUT2D eigenvalue weighted by Crippen LogP contribution is -2.35. The minimum absolute atomic E-state index is 0.00787. The molecule has 28 heavy (non-hydrogen) atoms. The van der Waals surface area contributed by atoms with Gasteiger partial charge in [0, 0.05) is 0 Å². The van der Waals surface area contributed by atoms with E-state index in [1.54, 1.807) is 30.3 Å². The molecule has 1 fully saturated rings. The van der Waals surface area contributed by atoms with Gasteiger partial charge in [0.2, 0.25) is 0 Å². The smallest absolute Gasteiger partial charge is 0.344 e. The lowest BCUT2D eigenvalue weighted by molar-refractivity contribution is -0.144. The number of benzene rings is 2. The summed E-state index contributed by atoms with van der Waals surface area (Å²) in [5.74, 6) is -2.26. The van der Waals surface area contributed by atoms with Crippen molar-refractivity contribution < 1.29 is 24.2 Å². The highest BCUT2D eigenvalue weighted by molar-refractivity contribution is 6.37. The summed E-state index contributed by atoms with van der Waals surface area (Å²) in [6.45, 7) is 1.34. The third-order valence-electron chi connectivity index (χ3n) is 3.88. The molecule has 0 aromatic heterocycles. The summed E-state index contributed by atoms with van der Waals surface area (Å²) in [6.07, 6.45) is 0.198. The van der Waals surface area contributed by atoms with E-state index in [2.05, 4.69) is 5.43 Å². The fourth-order valence-electron chi connectivity index (χ4n) is 2.49. The molecule has 7 nitrogen and oxygen atoms in total. The molecule has 144 valence electrons. The van der Waals surface area contributed by atoms with E-state index in [-0.39, 0.29) is 21.4 Å². The van der Waals surface area contributed by atoms with E-state index in [1.807, 2.05) is 0 Å². The molecule has 0 radical (unpaired) electrons. The number of hydrogen-bond donors (Lipinski definition) is 2. The molecule has 1 heterocycles. The van der Waals surface area contributed by atoms with E-state index in [0.29, 0.717) is 11.3 Å². The molecule has 0 aliphatic carbocycles. The summed E-state index contributed by atoms with van der Waals surface area (Å²) >= 11 is 12.3. The summed E-state index contributed by atoms with van der Waals surface area (Å²) in [7, 11) is 0. The third kappa shape index (κ3) is 3.95. The zero-order chi connectivity index (χ0) is 20.4. The fourth-order valence-corrected chi connectivity index (χ4v) is 3.08. The van der Waals surface area contributed by atoms with Gasteiger partial charge in [0.1, 0.15) is 5.57 Å². The van der Waals surface area contributed by atoms with Crippen molar-refractivity contribution in [3.63, 3.8) is 0 Å². The van der Waals surface area contributed by atoms with Gasteiger partial charge in [0.05, 0.1) is 15.7 Å². The predicted molar refractivity (Wildman–Crippen MR) is 104 cm³/mol. The highest BCUT2D eigenvalue weighted by atomic mass is 35.5. The number of amides is 2. The Kier molecular flexibility index (Phi) is 5.58. The van der Waals surface area contributed by atoms with E-state index >= 15 is 0 Å². The first kappa shape index (κ1) is 19.7. The number of carboxylic acid groups (broad SMARTS) is 1. The maximum Gasteiger partial charge on any atom is 0.344 e. The van der Waals surface area contributed by atoms with Crippen LogP contribution in [-0.2, 0) is 14.4 Å². The van der Waals surface area contributed by atoms with Crippen molar-refractivity contribution in [2.75, 3.05) is 5.01 Å². The van der Waals surface area contributed by atoms with Gasteiger partial charge in [-0.2, -0.15) is 0 Å². The number of rotatable bonds is 5. The number of ether oxygens (including phenoxy) is 1. The third-order valence-corrected chi connectivity index (χ3v) is 4.44. The summed E-state index contributed by atoms with van der Waals surface area (Å²) < 4.78 is 5.24. The van der Waals surface area contributed by atoms with Gasteiger partial charge in [-0.1, -0.05) is 41.4 Å². The lowest BCUT2D eigenvalue weighted by Gasteiger charge is -2.14. The minimum atomic E-state index is -1.17. The van der Waals surface area contributed by atoms with Crippen LogP contribution < -0.4 is 15.2 Å². The summed E-state index contributed by atoms with van der Waals surface area (Å²) in [6, 6.07) is 11.5. The van der Waals surface area contributed by atoms with Crippen molar-refractivity contribution in [3.05, 3.63) is 63.6 Å². The Bertz CT molecular complexity index is 968. The van der Waals surface area contributed by atoms with E-state index in [0.717, 1.165) is 5.01 Å². The number of carbonyl (C=O) groups is 3. The number of carbonyl (C=O) groups excluding carboxylic acids is 2. The van der Waals surface area contributed by atoms with Crippen LogP contribution in [-0.4, -0.2) is 29.0 Å². The van der Waals surface area contributed by atoms with E-state index in [9.17, 15) is 14.4 Å². The fraction of sp³-hybridized carbons (Fsp3) is 0.105. The monoisotopic (exact) mass is 420 g/mol. The number of anilines is 1. The molecule has 2 aromatic carbocycles. The van der Waals surface area contributed by atoms with Gasteiger partial charge in [-0.3, -0.25) is 15.0 Å². The Morgan fingerprint density at radius 3 is 2.36 bits per heavy atom. The van der Waals surface area contributed by atoms with E-state index in [1.165, 1.54) is 25.1 Å². The Morgan fingerprint density at radius 1 is 1.18 bits per heavy atom. The first-order valence-corrected chi connectivity index (χ1v) is 8.84. The maximum atomic E-state index is 12.6. The van der Waals surface area contributed by atoms with Crippen LogP contribution in [0.2, 0.25) is 10.0 Å². The Hall–Kier alpha value is -3.03. The normalized spacial score (nSPS) is 16.2. The molecule has 1 saturated heterocycles. The van der Waals surface area contributed by atoms with Crippen molar-refractivity contribution in [2.45, 2.75) is 13.0 Å². The van der Waals surface area contributed by atoms with Gasteiger partial charge in [0.25, 0.3) is 11.8 Å². The largest absolute Gasteiger partial charge is 0.479 e. The topological polar surface area (TPSA) is 95.9 Å². The Balaban J connectivity index is 1.90. The molecule has 9 heteroatoms. The van der Waals surface area contributed by atoms with Crippen LogP contribution in [0.3, 0.4) is 0 Å². The minimum Gasteiger partial charge on any atom is -0.479 e. The number of hydrogen-bond acceptors (Lipinski definition) is 4. The molecule has 0 spiro atoms. The van der Waals surface area contributed by atoms with Gasteiger partial charge >= 0.3 is 5.97 Å². The van der Waals surface area contributed by atoms with Gasteiger partial charge in [0.15, 0.2) is 11.9 Å². The molecule has 1 aliphatic heterocycles. The average Bonchev–Trinajstić information content (AvgIpc) is 2.93. The van der Waals surface area contributed by atoms with Crippen molar-refractivity contribution >= 4 is 52.7 Å². The number of para-hydroxylation sites is 1. The number of hydrazine groups is 1. The molecule has 0 bridgehead atoms. The van der Waals surface area contributed by atoms with Crippen LogP contribution in [0, 0.1) is 0 Å². The summed E-state index contributed by atoms with van der Waals surface area (Å²) in [5.41, 5.74) is 3.30. The van der Waals surface area contributed by atoms with Crippen LogP contribution in [0.1, 0.15) is 12.5 Å². The number of nitrogens with zero attached hydrogens (tertiary/aromatic N) is 1. The second kappa shape index (κ2) is 7.92. The van der Waals surface area contributed by atoms with Gasteiger partial charge in [-0.05, 0) is 42.8 Å². The average molecular weight is 421 g/mol. The first-order valence-electron chi connectivity index (χ1n) is 8.08. The summed E-state index contributed by atoms with van der Waals surface area (Å²) in [5, 5.41) is 10.2. The number of aliphatic carboxylic acids is 1.